The number of benzene rings is 1. The Morgan fingerprint density at radius 1 is 0.929 bits per heavy atom. The molecule has 4 aliphatic rings. The molecule has 3 saturated heterocycles. The Balaban J connectivity index is 0.768. The number of anilines is 2. The van der Waals surface area contributed by atoms with Crippen LogP contribution in [0.3, 0.4) is 0 Å². The molecule has 1 saturated carbocycles. The second-order valence-electron chi connectivity index (χ2n) is 15.1. The Morgan fingerprint density at radius 2 is 1.71 bits per heavy atom. The number of halogens is 2. The smallest absolute Gasteiger partial charge is 0.329 e. The highest BCUT2D eigenvalue weighted by molar-refractivity contribution is 6.31. The second-order valence-corrected chi connectivity index (χ2v) is 15.8. The minimum atomic E-state index is -0.498. The van der Waals surface area contributed by atoms with Gasteiger partial charge in [0.2, 0.25) is 11.2 Å². The third kappa shape index (κ3) is 8.37. The van der Waals surface area contributed by atoms with Crippen LogP contribution in [0.5, 0.6) is 5.75 Å². The number of nitrogens with zero attached hydrogens (tertiary/aromatic N) is 9. The van der Waals surface area contributed by atoms with E-state index in [2.05, 4.69) is 51.2 Å². The van der Waals surface area contributed by atoms with Crippen molar-refractivity contribution in [1.29, 1.82) is 5.26 Å². The summed E-state index contributed by atoms with van der Waals surface area (Å²) in [4.78, 5) is 52.4. The number of rotatable bonds is 9. The predicted octanol–water partition coefficient (Wildman–Crippen LogP) is 5.52. The number of aromatic nitrogens is 5. The third-order valence-corrected chi connectivity index (χ3v) is 12.0. The van der Waals surface area contributed by atoms with E-state index in [1.807, 2.05) is 18.3 Å². The van der Waals surface area contributed by atoms with Gasteiger partial charge in [-0.25, -0.2) is 4.79 Å². The van der Waals surface area contributed by atoms with E-state index in [1.165, 1.54) is 4.90 Å². The van der Waals surface area contributed by atoms with Crippen LogP contribution in [0.25, 0.3) is 11.0 Å². The molecule has 0 unspecified atom stereocenters. The van der Waals surface area contributed by atoms with Gasteiger partial charge in [-0.1, -0.05) is 11.6 Å². The Bertz CT molecular complexity index is 2130. The Morgan fingerprint density at radius 3 is 2.41 bits per heavy atom. The molecule has 1 aliphatic carbocycles. The van der Waals surface area contributed by atoms with E-state index >= 15 is 0 Å². The summed E-state index contributed by atoms with van der Waals surface area (Å²) in [5, 5.41) is 24.5. The lowest BCUT2D eigenvalue weighted by atomic mass is 9.92. The third-order valence-electron chi connectivity index (χ3n) is 11.5. The van der Waals surface area contributed by atoms with Gasteiger partial charge in [-0.3, -0.25) is 19.8 Å². The lowest BCUT2D eigenvalue weighted by Gasteiger charge is -2.38. The number of piperidine rings is 2. The number of amides is 4. The maximum Gasteiger partial charge on any atom is 0.329 e. The molecule has 0 spiro atoms. The Kier molecular flexibility index (Phi) is 11.2. The van der Waals surface area contributed by atoms with Gasteiger partial charge in [0.1, 0.15) is 17.5 Å². The standard InChI is InChI=1S/C39H43Cl2N11O4/c40-31-21-29(4-1-25(31)22-42)56-28-5-2-26(3-6-28)43-37(54)32-7-8-33(48-47-32)50-17-9-24(10-18-50)23-49-15-11-27(12-16-49)51-19-13-30-35(51)45-38(41)46-36(30)52-20-14-34(53)44-39(52)55/h1,4,7-8,13,19,21,24,26-28H,2-3,5-6,9-12,14-18,20,23H2,(H,43,54)(H,44,53,55). The number of ether oxygens (including phenoxy) is 1. The van der Waals surface area contributed by atoms with Gasteiger partial charge in [-0.05, 0) is 99.2 Å². The number of likely N-dealkylation sites (tertiary alicyclic amines) is 1. The number of urea groups is 1. The first-order valence-electron chi connectivity index (χ1n) is 19.3. The van der Waals surface area contributed by atoms with E-state index in [9.17, 15) is 14.4 Å². The average molecular weight is 801 g/mol. The molecule has 8 rings (SSSR count). The SMILES string of the molecule is N#Cc1ccc(OC2CCC(NC(=O)c3ccc(N4CCC(CN5CCC(n6ccc7c(N8CCC(=O)NC8=O)nc(Cl)nc76)CC5)CC4)nn3)CC2)cc1Cl. The Hall–Kier alpha value is -5.04. The van der Waals surface area contributed by atoms with Gasteiger partial charge in [0.15, 0.2) is 17.3 Å². The molecule has 17 heteroatoms. The zero-order chi connectivity index (χ0) is 38.8. The molecule has 4 aromatic rings. The summed E-state index contributed by atoms with van der Waals surface area (Å²) in [5.74, 6) is 1.94. The summed E-state index contributed by atoms with van der Waals surface area (Å²) >= 11 is 12.5. The Labute approximate surface area is 334 Å². The fourth-order valence-corrected chi connectivity index (χ4v) is 8.77. The highest BCUT2D eigenvalue weighted by atomic mass is 35.5. The molecule has 2 N–H and O–H groups in total. The maximum atomic E-state index is 13.0. The first-order valence-corrected chi connectivity index (χ1v) is 20.1. The minimum Gasteiger partial charge on any atom is -0.490 e. The van der Waals surface area contributed by atoms with Crippen LogP contribution < -0.4 is 25.2 Å². The highest BCUT2D eigenvalue weighted by Gasteiger charge is 2.31. The summed E-state index contributed by atoms with van der Waals surface area (Å²) in [6.45, 7) is 5.03. The van der Waals surface area contributed by atoms with Crippen molar-refractivity contribution in [1.82, 2.24) is 40.3 Å². The van der Waals surface area contributed by atoms with Crippen LogP contribution in [0.1, 0.15) is 79.9 Å². The topological polar surface area (TPSA) is 174 Å². The summed E-state index contributed by atoms with van der Waals surface area (Å²) < 4.78 is 8.24. The normalized spacial score (nSPS) is 21.5. The van der Waals surface area contributed by atoms with Crippen molar-refractivity contribution in [3.05, 3.63) is 64.2 Å². The molecule has 3 aliphatic heterocycles. The molecule has 4 fully saturated rings. The van der Waals surface area contributed by atoms with E-state index in [0.29, 0.717) is 39.4 Å². The van der Waals surface area contributed by atoms with Gasteiger partial charge in [0.25, 0.3) is 5.91 Å². The molecule has 292 valence electrons. The zero-order valence-electron chi connectivity index (χ0n) is 30.9. The molecule has 56 heavy (non-hydrogen) atoms. The summed E-state index contributed by atoms with van der Waals surface area (Å²) in [7, 11) is 0. The monoisotopic (exact) mass is 799 g/mol. The number of carbonyl (C=O) groups excluding carboxylic acids is 3. The van der Waals surface area contributed by atoms with E-state index < -0.39 is 6.03 Å². The van der Waals surface area contributed by atoms with Crippen molar-refractivity contribution in [3.8, 4) is 11.8 Å². The van der Waals surface area contributed by atoms with Gasteiger partial charge in [0.05, 0.1) is 22.1 Å². The summed E-state index contributed by atoms with van der Waals surface area (Å²) in [6, 6.07) is 12.5. The average Bonchev–Trinajstić information content (AvgIpc) is 3.63. The fourth-order valence-electron chi connectivity index (χ4n) is 8.40. The van der Waals surface area contributed by atoms with Crippen molar-refractivity contribution in [3.63, 3.8) is 0 Å². The van der Waals surface area contributed by atoms with Crippen molar-refractivity contribution in [2.24, 2.45) is 5.92 Å². The summed E-state index contributed by atoms with van der Waals surface area (Å²) in [5.41, 5.74) is 1.43. The van der Waals surface area contributed by atoms with Crippen LogP contribution in [0.15, 0.2) is 42.6 Å². The quantitative estimate of drug-likeness (QED) is 0.204. The number of nitrogens with one attached hydrogen (secondary N) is 2. The number of carbonyl (C=O) groups is 3. The second kappa shape index (κ2) is 16.6. The van der Waals surface area contributed by atoms with Gasteiger partial charge in [0, 0.05) is 70.0 Å². The van der Waals surface area contributed by atoms with Gasteiger partial charge in [-0.2, -0.15) is 15.2 Å². The van der Waals surface area contributed by atoms with Crippen molar-refractivity contribution in [2.45, 2.75) is 76.0 Å². The van der Waals surface area contributed by atoms with Crippen LogP contribution >= 0.6 is 23.2 Å². The van der Waals surface area contributed by atoms with Crippen LogP contribution in [0, 0.1) is 17.2 Å². The molecule has 6 heterocycles. The molecule has 15 nitrogen and oxygen atoms in total. The first kappa shape index (κ1) is 37.9. The predicted molar refractivity (Wildman–Crippen MR) is 210 cm³/mol. The largest absolute Gasteiger partial charge is 0.490 e. The van der Waals surface area contributed by atoms with Crippen LogP contribution in [-0.4, -0.2) is 98.9 Å². The number of imide groups is 1. The highest BCUT2D eigenvalue weighted by Crippen LogP contribution is 2.34. The van der Waals surface area contributed by atoms with E-state index in [0.717, 1.165) is 95.3 Å². The van der Waals surface area contributed by atoms with E-state index in [4.69, 9.17) is 33.2 Å². The first-order chi connectivity index (χ1) is 27.2. The lowest BCUT2D eigenvalue weighted by Crippen LogP contribution is -2.50. The summed E-state index contributed by atoms with van der Waals surface area (Å²) in [6.07, 6.45) is 9.48. The van der Waals surface area contributed by atoms with Crippen molar-refractivity contribution < 1.29 is 19.1 Å². The van der Waals surface area contributed by atoms with Gasteiger partial charge >= 0.3 is 6.03 Å². The maximum absolute atomic E-state index is 13.0. The van der Waals surface area contributed by atoms with E-state index in [1.54, 1.807) is 24.3 Å². The lowest BCUT2D eigenvalue weighted by molar-refractivity contribution is -0.120. The number of hydrogen-bond donors (Lipinski definition) is 2. The minimum absolute atomic E-state index is 0.0271. The molecule has 0 atom stereocenters. The van der Waals surface area contributed by atoms with Crippen molar-refractivity contribution in [2.75, 3.05) is 49.1 Å². The van der Waals surface area contributed by atoms with Crippen LogP contribution in [0.2, 0.25) is 10.3 Å². The molecule has 0 bridgehead atoms. The molecule has 0 radical (unpaired) electrons. The zero-order valence-corrected chi connectivity index (χ0v) is 32.4. The number of hydrogen-bond acceptors (Lipinski definition) is 11. The van der Waals surface area contributed by atoms with Crippen LogP contribution in [-0.2, 0) is 4.79 Å². The molecular formula is C39H43Cl2N11O4. The molecule has 1 aromatic carbocycles. The molecule has 3 aromatic heterocycles. The number of nitriles is 1. The number of fused-ring (bicyclic) bond motifs is 1. The molecule has 4 amide bonds. The molecular weight excluding hydrogens is 757 g/mol. The van der Waals surface area contributed by atoms with Gasteiger partial charge < -0.3 is 24.4 Å². The van der Waals surface area contributed by atoms with Gasteiger partial charge in [-0.15, -0.1) is 10.2 Å². The van der Waals surface area contributed by atoms with Crippen molar-refractivity contribution >= 4 is 63.7 Å². The van der Waals surface area contributed by atoms with E-state index in [-0.39, 0.29) is 48.3 Å². The van der Waals surface area contributed by atoms with Crippen LogP contribution in [0.4, 0.5) is 16.4 Å². The fraction of sp³-hybridized carbons (Fsp3) is 0.487.